The minimum absolute atomic E-state index is 0.513. The molecule has 0 radical (unpaired) electrons. The van der Waals surface area contributed by atoms with Gasteiger partial charge in [0.05, 0.1) is 0 Å². The highest BCUT2D eigenvalue weighted by Gasteiger charge is 2.12. The van der Waals surface area contributed by atoms with Crippen molar-refractivity contribution in [2.45, 2.75) is 52.7 Å². The van der Waals surface area contributed by atoms with Gasteiger partial charge in [0.15, 0.2) is 12.6 Å². The quantitative estimate of drug-likeness (QED) is 0.474. The molecule has 2 amide bonds. The highest BCUT2D eigenvalue weighted by atomic mass is 16.6. The third-order valence-electron chi connectivity index (χ3n) is 1.47. The fourth-order valence-corrected chi connectivity index (χ4v) is 1.07. The third-order valence-corrected chi connectivity index (χ3v) is 1.47. The van der Waals surface area contributed by atoms with Crippen LogP contribution in [0.1, 0.15) is 27.7 Å². The fourth-order valence-electron chi connectivity index (χ4n) is 1.07. The highest BCUT2D eigenvalue weighted by molar-refractivity contribution is 5.74. The van der Waals surface area contributed by atoms with Gasteiger partial charge < -0.3 is 30.3 Å². The van der Waals surface area contributed by atoms with Crippen LogP contribution in [-0.4, -0.2) is 41.3 Å². The maximum Gasteiger partial charge on any atom is 0.318 e. The Bertz CT molecular complexity index is 190. The first-order valence-electron chi connectivity index (χ1n) is 5.05. The van der Waals surface area contributed by atoms with Crippen molar-refractivity contribution in [3.8, 4) is 0 Å². The minimum atomic E-state index is -0.957. The molecule has 0 aromatic carbocycles. The molecule has 0 saturated heterocycles. The summed E-state index contributed by atoms with van der Waals surface area (Å²) in [6, 6.07) is -0.513. The molecule has 7 nitrogen and oxygen atoms in total. The first-order chi connectivity index (χ1) is 7.31. The van der Waals surface area contributed by atoms with Gasteiger partial charge in [0, 0.05) is 0 Å². The van der Waals surface area contributed by atoms with E-state index in [9.17, 15) is 4.79 Å². The minimum Gasteiger partial charge on any atom is -0.368 e. The van der Waals surface area contributed by atoms with Crippen LogP contribution in [0.25, 0.3) is 0 Å². The molecular weight excluding hydrogens is 216 g/mol. The number of ether oxygens (including phenoxy) is 2. The molecule has 0 aromatic rings. The molecule has 0 aromatic heterocycles. The van der Waals surface area contributed by atoms with Crippen molar-refractivity contribution < 1.29 is 24.5 Å². The summed E-state index contributed by atoms with van der Waals surface area (Å²) in [6.07, 6.45) is -3.17. The van der Waals surface area contributed by atoms with Crippen molar-refractivity contribution in [1.82, 2.24) is 10.6 Å². The van der Waals surface area contributed by atoms with Gasteiger partial charge in [-0.1, -0.05) is 0 Å². The average Bonchev–Trinajstić information content (AvgIpc) is 1.97. The van der Waals surface area contributed by atoms with E-state index in [1.165, 1.54) is 13.8 Å². The van der Waals surface area contributed by atoms with Crippen LogP contribution < -0.4 is 10.6 Å². The number of carbonyl (C=O) groups excluding carboxylic acids is 1. The van der Waals surface area contributed by atoms with Gasteiger partial charge in [-0.3, -0.25) is 0 Å². The van der Waals surface area contributed by atoms with Crippen molar-refractivity contribution in [3.05, 3.63) is 0 Å². The molecule has 0 aliphatic rings. The molecule has 96 valence electrons. The lowest BCUT2D eigenvalue weighted by Crippen LogP contribution is -2.47. The summed E-state index contributed by atoms with van der Waals surface area (Å²) in [5, 5.41) is 22.6. The standard InChI is InChI=1S/C9H20N2O5/c1-5(15-7(3)12)10-9(14)11-6(2)16-8(4)13/h5-8,12-13H,1-4H3,(H2,10,11,14). The predicted molar refractivity (Wildman–Crippen MR) is 56.1 cm³/mol. The van der Waals surface area contributed by atoms with Crippen molar-refractivity contribution in [3.63, 3.8) is 0 Å². The lowest BCUT2D eigenvalue weighted by atomic mass is 10.6. The van der Waals surface area contributed by atoms with E-state index in [2.05, 4.69) is 10.6 Å². The zero-order chi connectivity index (χ0) is 12.7. The van der Waals surface area contributed by atoms with Gasteiger partial charge in [0.1, 0.15) is 12.5 Å². The number of carbonyl (C=O) groups is 1. The van der Waals surface area contributed by atoms with Crippen LogP contribution in [0.4, 0.5) is 4.79 Å². The van der Waals surface area contributed by atoms with Crippen molar-refractivity contribution in [2.75, 3.05) is 0 Å². The van der Waals surface area contributed by atoms with Crippen LogP contribution in [-0.2, 0) is 9.47 Å². The van der Waals surface area contributed by atoms with E-state index in [-0.39, 0.29) is 0 Å². The molecule has 16 heavy (non-hydrogen) atoms. The van der Waals surface area contributed by atoms with Gasteiger partial charge in [-0.05, 0) is 27.7 Å². The molecule has 0 fully saturated rings. The van der Waals surface area contributed by atoms with Crippen molar-refractivity contribution >= 4 is 6.03 Å². The van der Waals surface area contributed by atoms with Crippen LogP contribution in [0.15, 0.2) is 0 Å². The second-order valence-corrected chi connectivity index (χ2v) is 3.37. The third kappa shape index (κ3) is 8.42. The average molecular weight is 236 g/mol. The van der Waals surface area contributed by atoms with Crippen LogP contribution in [0.3, 0.4) is 0 Å². The number of urea groups is 1. The van der Waals surface area contributed by atoms with Gasteiger partial charge in [-0.25, -0.2) is 4.79 Å². The molecule has 0 spiro atoms. The molecule has 0 bridgehead atoms. The van der Waals surface area contributed by atoms with Crippen LogP contribution in [0.2, 0.25) is 0 Å². The predicted octanol–water partition coefficient (Wildman–Crippen LogP) is -0.313. The monoisotopic (exact) mass is 236 g/mol. The maximum atomic E-state index is 11.3. The van der Waals surface area contributed by atoms with Crippen LogP contribution >= 0.6 is 0 Å². The number of nitrogens with one attached hydrogen (secondary N) is 2. The normalized spacial score (nSPS) is 18.4. The smallest absolute Gasteiger partial charge is 0.318 e. The lowest BCUT2D eigenvalue weighted by molar-refractivity contribution is -0.128. The summed E-state index contributed by atoms with van der Waals surface area (Å²) < 4.78 is 9.75. The Balaban J connectivity index is 3.80. The van der Waals surface area contributed by atoms with E-state index in [0.29, 0.717) is 0 Å². The number of aliphatic hydroxyl groups excluding tert-OH is 2. The number of aliphatic hydroxyl groups is 2. The largest absolute Gasteiger partial charge is 0.368 e. The zero-order valence-electron chi connectivity index (χ0n) is 9.93. The Morgan fingerprint density at radius 1 is 0.938 bits per heavy atom. The Hall–Kier alpha value is -0.890. The Morgan fingerprint density at radius 2 is 1.25 bits per heavy atom. The van der Waals surface area contributed by atoms with E-state index in [1.54, 1.807) is 13.8 Å². The van der Waals surface area contributed by atoms with E-state index in [0.717, 1.165) is 0 Å². The second kappa shape index (κ2) is 7.39. The number of rotatable bonds is 6. The van der Waals surface area contributed by atoms with Crippen LogP contribution in [0.5, 0.6) is 0 Å². The molecule has 0 heterocycles. The molecule has 0 aliphatic heterocycles. The zero-order valence-corrected chi connectivity index (χ0v) is 9.93. The molecule has 7 heteroatoms. The Kier molecular flexibility index (Phi) is 6.98. The SMILES string of the molecule is CC(O)OC(C)NC(=O)NC(C)OC(C)O. The van der Waals surface area contributed by atoms with Crippen LogP contribution in [0, 0.1) is 0 Å². The Morgan fingerprint density at radius 3 is 1.50 bits per heavy atom. The molecular formula is C9H20N2O5. The van der Waals surface area contributed by atoms with Crippen molar-refractivity contribution in [2.24, 2.45) is 0 Å². The number of hydrogen-bond acceptors (Lipinski definition) is 5. The number of amides is 2. The molecule has 4 N–H and O–H groups in total. The number of hydrogen-bond donors (Lipinski definition) is 4. The van der Waals surface area contributed by atoms with E-state index < -0.39 is 31.1 Å². The van der Waals surface area contributed by atoms with Gasteiger partial charge in [0.25, 0.3) is 0 Å². The van der Waals surface area contributed by atoms with Gasteiger partial charge in [-0.15, -0.1) is 0 Å². The summed E-state index contributed by atoms with van der Waals surface area (Å²) in [5.74, 6) is 0. The topological polar surface area (TPSA) is 100 Å². The molecule has 0 rings (SSSR count). The summed E-state index contributed by atoms with van der Waals surface area (Å²) >= 11 is 0. The lowest BCUT2D eigenvalue weighted by Gasteiger charge is -2.20. The summed E-state index contributed by atoms with van der Waals surface area (Å²) in [5.41, 5.74) is 0. The first-order valence-corrected chi connectivity index (χ1v) is 5.05. The summed E-state index contributed by atoms with van der Waals surface area (Å²) in [4.78, 5) is 11.3. The van der Waals surface area contributed by atoms with Gasteiger partial charge in [0.2, 0.25) is 0 Å². The van der Waals surface area contributed by atoms with E-state index in [1.807, 2.05) is 0 Å². The molecule has 4 unspecified atom stereocenters. The molecule has 0 aliphatic carbocycles. The molecule has 4 atom stereocenters. The first kappa shape index (κ1) is 15.1. The molecule has 0 saturated carbocycles. The summed E-state index contributed by atoms with van der Waals surface area (Å²) in [6.45, 7) is 6.03. The highest BCUT2D eigenvalue weighted by Crippen LogP contribution is 1.93. The fraction of sp³-hybridized carbons (Fsp3) is 0.889. The van der Waals surface area contributed by atoms with E-state index in [4.69, 9.17) is 19.7 Å². The second-order valence-electron chi connectivity index (χ2n) is 3.37. The van der Waals surface area contributed by atoms with E-state index >= 15 is 0 Å². The van der Waals surface area contributed by atoms with Gasteiger partial charge >= 0.3 is 6.03 Å². The Labute approximate surface area is 94.7 Å². The van der Waals surface area contributed by atoms with Crippen molar-refractivity contribution in [1.29, 1.82) is 0 Å². The summed E-state index contributed by atoms with van der Waals surface area (Å²) in [7, 11) is 0. The maximum absolute atomic E-state index is 11.3. The van der Waals surface area contributed by atoms with Gasteiger partial charge in [-0.2, -0.15) is 0 Å².